The lowest BCUT2D eigenvalue weighted by Crippen LogP contribution is -2.20. The third-order valence-corrected chi connectivity index (χ3v) is 3.67. The Morgan fingerprint density at radius 2 is 1.36 bits per heavy atom. The van der Waals surface area contributed by atoms with Crippen LogP contribution in [0, 0.1) is 0 Å². The summed E-state index contributed by atoms with van der Waals surface area (Å²) in [6.07, 6.45) is -4.41. The second-order valence-electron chi connectivity index (χ2n) is 5.80. The molecule has 0 spiro atoms. The van der Waals surface area contributed by atoms with Gasteiger partial charge in [-0.1, -0.05) is 18.2 Å². The molecule has 0 aliphatic heterocycles. The largest absolute Gasteiger partial charge is 0.484 e. The van der Waals surface area contributed by atoms with Gasteiger partial charge in [-0.2, -0.15) is 13.2 Å². The quantitative estimate of drug-likeness (QED) is 0.606. The number of carbonyl (C=O) groups excluding carboxylic acids is 1. The summed E-state index contributed by atoms with van der Waals surface area (Å²) in [5.74, 6) is 1.30. The molecule has 28 heavy (non-hydrogen) atoms. The minimum atomic E-state index is -4.41. The Bertz CT molecular complexity index is 908. The first-order chi connectivity index (χ1) is 13.4. The molecule has 0 aromatic heterocycles. The number of hydrogen-bond acceptors (Lipinski definition) is 3. The SMILES string of the molecule is O=C(COc1ccc(Oc2ccccc2)cc1)Nc1ccc(C(F)(F)F)cc1. The number of halogens is 3. The number of amides is 1. The van der Waals surface area contributed by atoms with Crippen LogP contribution in [0.3, 0.4) is 0 Å². The van der Waals surface area contributed by atoms with Gasteiger partial charge < -0.3 is 14.8 Å². The van der Waals surface area contributed by atoms with E-state index in [-0.39, 0.29) is 12.3 Å². The maximum Gasteiger partial charge on any atom is 0.416 e. The third kappa shape index (κ3) is 5.51. The molecule has 1 amide bonds. The molecular weight excluding hydrogens is 371 g/mol. The maximum atomic E-state index is 12.5. The van der Waals surface area contributed by atoms with Gasteiger partial charge in [-0.3, -0.25) is 4.79 Å². The van der Waals surface area contributed by atoms with E-state index in [1.165, 1.54) is 12.1 Å². The highest BCUT2D eigenvalue weighted by molar-refractivity contribution is 5.91. The van der Waals surface area contributed by atoms with Gasteiger partial charge >= 0.3 is 6.18 Å². The van der Waals surface area contributed by atoms with Crippen LogP contribution in [0.15, 0.2) is 78.9 Å². The van der Waals surface area contributed by atoms with Gasteiger partial charge in [0.1, 0.15) is 17.2 Å². The average molecular weight is 387 g/mol. The second-order valence-corrected chi connectivity index (χ2v) is 5.80. The summed E-state index contributed by atoms with van der Waals surface area (Å²) in [5.41, 5.74) is -0.521. The number of hydrogen-bond donors (Lipinski definition) is 1. The van der Waals surface area contributed by atoms with E-state index in [0.29, 0.717) is 17.2 Å². The predicted octanol–water partition coefficient (Wildman–Crippen LogP) is 5.52. The van der Waals surface area contributed by atoms with E-state index in [1.807, 2.05) is 30.3 Å². The Hall–Kier alpha value is -3.48. The molecule has 3 aromatic carbocycles. The van der Waals surface area contributed by atoms with Crippen LogP contribution in [0.1, 0.15) is 5.56 Å². The molecule has 0 saturated carbocycles. The zero-order chi connectivity index (χ0) is 20.0. The third-order valence-electron chi connectivity index (χ3n) is 3.67. The lowest BCUT2D eigenvalue weighted by Gasteiger charge is -2.10. The molecule has 0 aliphatic carbocycles. The van der Waals surface area contributed by atoms with Gasteiger partial charge in [0.15, 0.2) is 6.61 Å². The fourth-order valence-electron chi connectivity index (χ4n) is 2.32. The number of alkyl halides is 3. The molecule has 0 saturated heterocycles. The van der Waals surface area contributed by atoms with Gasteiger partial charge in [0.2, 0.25) is 0 Å². The number of ether oxygens (including phenoxy) is 2. The Morgan fingerprint density at radius 3 is 1.96 bits per heavy atom. The molecule has 1 N–H and O–H groups in total. The molecule has 0 unspecified atom stereocenters. The normalized spacial score (nSPS) is 11.0. The van der Waals surface area contributed by atoms with Crippen LogP contribution < -0.4 is 14.8 Å². The molecule has 0 fully saturated rings. The van der Waals surface area contributed by atoms with Crippen LogP contribution in [0.5, 0.6) is 17.2 Å². The van der Waals surface area contributed by atoms with Crippen molar-refractivity contribution in [2.24, 2.45) is 0 Å². The minimum absolute atomic E-state index is 0.258. The molecule has 0 radical (unpaired) electrons. The average Bonchev–Trinajstić information content (AvgIpc) is 2.68. The number of carbonyl (C=O) groups is 1. The van der Waals surface area contributed by atoms with Crippen molar-refractivity contribution < 1.29 is 27.4 Å². The van der Waals surface area contributed by atoms with Gasteiger partial charge in [0.25, 0.3) is 5.91 Å². The first kappa shape index (κ1) is 19.3. The predicted molar refractivity (Wildman–Crippen MR) is 98.5 cm³/mol. The van der Waals surface area contributed by atoms with E-state index in [1.54, 1.807) is 24.3 Å². The molecule has 7 heteroatoms. The van der Waals surface area contributed by atoms with E-state index >= 15 is 0 Å². The Balaban J connectivity index is 1.49. The molecular formula is C21H16F3NO3. The number of benzene rings is 3. The summed E-state index contributed by atoms with van der Waals surface area (Å²) in [4.78, 5) is 11.9. The van der Waals surface area contributed by atoms with E-state index in [9.17, 15) is 18.0 Å². The molecule has 3 aromatic rings. The topological polar surface area (TPSA) is 47.6 Å². The maximum absolute atomic E-state index is 12.5. The number of nitrogens with one attached hydrogen (secondary N) is 1. The first-order valence-corrected chi connectivity index (χ1v) is 8.33. The lowest BCUT2D eigenvalue weighted by molar-refractivity contribution is -0.137. The van der Waals surface area contributed by atoms with Crippen LogP contribution in [0.2, 0.25) is 0 Å². The summed E-state index contributed by atoms with van der Waals surface area (Å²) < 4.78 is 48.6. The van der Waals surface area contributed by atoms with Crippen molar-refractivity contribution >= 4 is 11.6 Å². The highest BCUT2D eigenvalue weighted by Crippen LogP contribution is 2.29. The second kappa shape index (κ2) is 8.47. The van der Waals surface area contributed by atoms with Gasteiger partial charge in [-0.15, -0.1) is 0 Å². The number of anilines is 1. The van der Waals surface area contributed by atoms with Crippen molar-refractivity contribution in [3.05, 3.63) is 84.4 Å². The summed E-state index contributed by atoms with van der Waals surface area (Å²) in [7, 11) is 0. The van der Waals surface area contributed by atoms with Crippen molar-refractivity contribution in [1.82, 2.24) is 0 Å². The van der Waals surface area contributed by atoms with E-state index in [0.717, 1.165) is 12.1 Å². The van der Waals surface area contributed by atoms with E-state index < -0.39 is 17.6 Å². The van der Waals surface area contributed by atoms with Crippen molar-refractivity contribution in [3.8, 4) is 17.2 Å². The summed E-state index contributed by atoms with van der Waals surface area (Å²) in [5, 5.41) is 2.48. The monoisotopic (exact) mass is 387 g/mol. The van der Waals surface area contributed by atoms with Crippen molar-refractivity contribution in [1.29, 1.82) is 0 Å². The van der Waals surface area contributed by atoms with E-state index in [4.69, 9.17) is 9.47 Å². The minimum Gasteiger partial charge on any atom is -0.484 e. The van der Waals surface area contributed by atoms with Crippen LogP contribution >= 0.6 is 0 Å². The number of rotatable bonds is 6. The number of para-hydroxylation sites is 1. The Labute approximate surface area is 159 Å². The van der Waals surface area contributed by atoms with Crippen LogP contribution in [-0.2, 0) is 11.0 Å². The van der Waals surface area contributed by atoms with Gasteiger partial charge in [0, 0.05) is 5.69 Å². The zero-order valence-electron chi connectivity index (χ0n) is 14.6. The molecule has 0 aliphatic rings. The van der Waals surface area contributed by atoms with Crippen LogP contribution in [0.4, 0.5) is 18.9 Å². The van der Waals surface area contributed by atoms with Crippen LogP contribution in [-0.4, -0.2) is 12.5 Å². The summed E-state index contributed by atoms with van der Waals surface area (Å²) in [6.45, 7) is -0.278. The highest BCUT2D eigenvalue weighted by Gasteiger charge is 2.29. The molecule has 0 heterocycles. The standard InChI is InChI=1S/C21H16F3NO3/c22-21(23,24)15-6-8-16(9-7-15)25-20(26)14-27-17-10-12-19(13-11-17)28-18-4-2-1-3-5-18/h1-13H,14H2,(H,25,26). The molecule has 0 atom stereocenters. The fourth-order valence-corrected chi connectivity index (χ4v) is 2.32. The van der Waals surface area contributed by atoms with Gasteiger partial charge in [0.05, 0.1) is 5.56 Å². The van der Waals surface area contributed by atoms with Gasteiger partial charge in [-0.25, -0.2) is 0 Å². The zero-order valence-corrected chi connectivity index (χ0v) is 14.6. The molecule has 0 bridgehead atoms. The highest BCUT2D eigenvalue weighted by atomic mass is 19.4. The van der Waals surface area contributed by atoms with Crippen LogP contribution in [0.25, 0.3) is 0 Å². The molecule has 144 valence electrons. The smallest absolute Gasteiger partial charge is 0.416 e. The molecule has 4 nitrogen and oxygen atoms in total. The fraction of sp³-hybridized carbons (Fsp3) is 0.0952. The Kier molecular flexibility index (Phi) is 5.84. The van der Waals surface area contributed by atoms with Crippen molar-refractivity contribution in [3.63, 3.8) is 0 Å². The first-order valence-electron chi connectivity index (χ1n) is 8.33. The summed E-state index contributed by atoms with van der Waals surface area (Å²) >= 11 is 0. The van der Waals surface area contributed by atoms with Crippen molar-refractivity contribution in [2.75, 3.05) is 11.9 Å². The summed E-state index contributed by atoms with van der Waals surface area (Å²) in [6, 6.07) is 20.2. The Morgan fingerprint density at radius 1 is 0.786 bits per heavy atom. The lowest BCUT2D eigenvalue weighted by atomic mass is 10.2. The van der Waals surface area contributed by atoms with Gasteiger partial charge in [-0.05, 0) is 60.7 Å². The van der Waals surface area contributed by atoms with Crippen molar-refractivity contribution in [2.45, 2.75) is 6.18 Å². The van der Waals surface area contributed by atoms with E-state index in [2.05, 4.69) is 5.32 Å². The molecule has 3 rings (SSSR count).